The van der Waals surface area contributed by atoms with Crippen LogP contribution in [0, 0.1) is 15.9 Å². The van der Waals surface area contributed by atoms with Gasteiger partial charge in [-0.15, -0.1) is 0 Å². The van der Waals surface area contributed by atoms with Gasteiger partial charge in [0.2, 0.25) is 0 Å². The third-order valence-corrected chi connectivity index (χ3v) is 3.44. The minimum Gasteiger partial charge on any atom is -0.477 e. The van der Waals surface area contributed by atoms with Gasteiger partial charge in [-0.3, -0.25) is 14.9 Å². The van der Waals surface area contributed by atoms with Crippen molar-refractivity contribution in [2.75, 3.05) is 13.7 Å². The van der Waals surface area contributed by atoms with Gasteiger partial charge < -0.3 is 9.64 Å². The number of nitrogens with zero attached hydrogens (tertiary/aromatic N) is 2. The maximum Gasteiger partial charge on any atom is 0.312 e. The van der Waals surface area contributed by atoms with Crippen LogP contribution in [0.15, 0.2) is 42.5 Å². The molecule has 8 heteroatoms. The van der Waals surface area contributed by atoms with Gasteiger partial charge in [0, 0.05) is 24.7 Å². The predicted molar refractivity (Wildman–Crippen MR) is 86.5 cm³/mol. The van der Waals surface area contributed by atoms with Crippen molar-refractivity contribution < 1.29 is 18.8 Å². The van der Waals surface area contributed by atoms with Gasteiger partial charge in [-0.1, -0.05) is 23.7 Å². The van der Waals surface area contributed by atoms with E-state index in [1.165, 1.54) is 36.2 Å². The van der Waals surface area contributed by atoms with E-state index in [4.69, 9.17) is 16.3 Å². The summed E-state index contributed by atoms with van der Waals surface area (Å²) in [6, 6.07) is 9.81. The van der Waals surface area contributed by atoms with E-state index < -0.39 is 10.8 Å². The van der Waals surface area contributed by atoms with Crippen LogP contribution in [-0.4, -0.2) is 29.4 Å². The molecule has 24 heavy (non-hydrogen) atoms. The Bertz CT molecular complexity index is 769. The van der Waals surface area contributed by atoms with Crippen LogP contribution in [0.2, 0.25) is 5.02 Å². The Balaban J connectivity index is 1.99. The highest BCUT2D eigenvalue weighted by Gasteiger charge is 2.18. The number of nitro benzene ring substituents is 1. The molecule has 0 N–H and O–H groups in total. The lowest BCUT2D eigenvalue weighted by Gasteiger charge is -2.17. The molecule has 0 aliphatic carbocycles. The number of nitro groups is 1. The van der Waals surface area contributed by atoms with Crippen LogP contribution in [-0.2, 0) is 11.3 Å². The summed E-state index contributed by atoms with van der Waals surface area (Å²) in [6.07, 6.45) is 0. The molecule has 0 radical (unpaired) electrons. The van der Waals surface area contributed by atoms with Crippen molar-refractivity contribution in [1.82, 2.24) is 4.90 Å². The van der Waals surface area contributed by atoms with Crippen molar-refractivity contribution in [3.05, 3.63) is 69.0 Å². The summed E-state index contributed by atoms with van der Waals surface area (Å²) in [7, 11) is 1.53. The third-order valence-electron chi connectivity index (χ3n) is 3.20. The number of rotatable bonds is 6. The largest absolute Gasteiger partial charge is 0.477 e. The highest BCUT2D eigenvalue weighted by molar-refractivity contribution is 6.30. The van der Waals surface area contributed by atoms with Gasteiger partial charge in [-0.05, 0) is 29.8 Å². The molecule has 126 valence electrons. The van der Waals surface area contributed by atoms with Crippen LogP contribution in [0.25, 0.3) is 0 Å². The maximum absolute atomic E-state index is 13.1. The number of amides is 1. The van der Waals surface area contributed by atoms with Crippen molar-refractivity contribution in [2.45, 2.75) is 6.54 Å². The van der Waals surface area contributed by atoms with Crippen LogP contribution >= 0.6 is 11.6 Å². The lowest BCUT2D eigenvalue weighted by Crippen LogP contribution is -2.31. The number of halogens is 2. The van der Waals surface area contributed by atoms with Crippen molar-refractivity contribution in [1.29, 1.82) is 0 Å². The number of ether oxygens (including phenoxy) is 1. The Morgan fingerprint density at radius 1 is 1.33 bits per heavy atom. The predicted octanol–water partition coefficient (Wildman–Crippen LogP) is 3.42. The molecule has 0 fully saturated rings. The van der Waals surface area contributed by atoms with Gasteiger partial charge in [-0.25, -0.2) is 4.39 Å². The highest BCUT2D eigenvalue weighted by atomic mass is 35.5. The second kappa shape index (κ2) is 7.74. The summed E-state index contributed by atoms with van der Waals surface area (Å²) >= 11 is 5.71. The topological polar surface area (TPSA) is 72.7 Å². The fraction of sp³-hybridized carbons (Fsp3) is 0.188. The van der Waals surface area contributed by atoms with Crippen LogP contribution in [0.5, 0.6) is 5.75 Å². The van der Waals surface area contributed by atoms with Crippen molar-refractivity contribution in [2.24, 2.45) is 0 Å². The second-order valence-electron chi connectivity index (χ2n) is 5.04. The SMILES string of the molecule is CN(Cc1cccc(F)c1)C(=O)COc1ccc(Cl)cc1[N+](=O)[O-]. The zero-order valence-electron chi connectivity index (χ0n) is 12.7. The van der Waals surface area contributed by atoms with Crippen molar-refractivity contribution in [3.8, 4) is 5.75 Å². The number of carbonyl (C=O) groups is 1. The van der Waals surface area contributed by atoms with Crippen LogP contribution in [0.1, 0.15) is 5.56 Å². The fourth-order valence-corrected chi connectivity index (χ4v) is 2.17. The minimum atomic E-state index is -0.637. The summed E-state index contributed by atoms with van der Waals surface area (Å²) < 4.78 is 18.4. The number of hydrogen-bond donors (Lipinski definition) is 0. The van der Waals surface area contributed by atoms with Crippen molar-refractivity contribution in [3.63, 3.8) is 0 Å². The molecule has 0 unspecified atom stereocenters. The normalized spacial score (nSPS) is 10.3. The summed E-state index contributed by atoms with van der Waals surface area (Å²) in [5.74, 6) is -0.832. The van der Waals surface area contributed by atoms with E-state index >= 15 is 0 Å². The zero-order chi connectivity index (χ0) is 17.7. The zero-order valence-corrected chi connectivity index (χ0v) is 13.5. The number of hydrogen-bond acceptors (Lipinski definition) is 4. The molecular formula is C16H14ClFN2O4. The van der Waals surface area contributed by atoms with Gasteiger partial charge in [0.15, 0.2) is 12.4 Å². The summed E-state index contributed by atoms with van der Waals surface area (Å²) in [5, 5.41) is 11.2. The Kier molecular flexibility index (Phi) is 5.70. The standard InChI is InChI=1S/C16H14ClFN2O4/c1-19(9-11-3-2-4-13(18)7-11)16(21)10-24-15-6-5-12(17)8-14(15)20(22)23/h2-8H,9-10H2,1H3. The van der Waals surface area contributed by atoms with Crippen LogP contribution in [0.3, 0.4) is 0 Å². The van der Waals surface area contributed by atoms with E-state index in [0.29, 0.717) is 5.56 Å². The second-order valence-corrected chi connectivity index (χ2v) is 5.47. The van der Waals surface area contributed by atoms with E-state index in [1.807, 2.05) is 0 Å². The maximum atomic E-state index is 13.1. The molecule has 1 amide bonds. The highest BCUT2D eigenvalue weighted by Crippen LogP contribution is 2.29. The molecular weight excluding hydrogens is 339 g/mol. The molecule has 6 nitrogen and oxygen atoms in total. The number of likely N-dealkylation sites (N-methyl/N-ethyl adjacent to an activating group) is 1. The molecule has 0 aliphatic heterocycles. The monoisotopic (exact) mass is 352 g/mol. The van der Waals surface area contributed by atoms with E-state index in [2.05, 4.69) is 0 Å². The molecule has 0 atom stereocenters. The van der Waals surface area contributed by atoms with Crippen LogP contribution < -0.4 is 4.74 Å². The molecule has 2 rings (SSSR count). The van der Waals surface area contributed by atoms with E-state index in [9.17, 15) is 19.3 Å². The minimum absolute atomic E-state index is 0.0445. The molecule has 0 spiro atoms. The first-order chi connectivity index (χ1) is 11.4. The molecule has 2 aromatic rings. The van der Waals surface area contributed by atoms with Gasteiger partial charge in [-0.2, -0.15) is 0 Å². The van der Waals surface area contributed by atoms with E-state index in [1.54, 1.807) is 12.1 Å². The first-order valence-electron chi connectivity index (χ1n) is 6.92. The van der Waals surface area contributed by atoms with E-state index in [-0.39, 0.29) is 35.4 Å². The third kappa shape index (κ3) is 4.66. The number of carbonyl (C=O) groups excluding carboxylic acids is 1. The Morgan fingerprint density at radius 2 is 2.08 bits per heavy atom. The Hall–Kier alpha value is -2.67. The molecule has 2 aromatic carbocycles. The molecule has 0 saturated carbocycles. The van der Waals surface area contributed by atoms with E-state index in [0.717, 1.165) is 6.07 Å². The lowest BCUT2D eigenvalue weighted by molar-refractivity contribution is -0.385. The van der Waals surface area contributed by atoms with Gasteiger partial charge in [0.05, 0.1) is 4.92 Å². The van der Waals surface area contributed by atoms with Gasteiger partial charge >= 0.3 is 5.69 Å². The molecule has 0 aliphatic rings. The lowest BCUT2D eigenvalue weighted by atomic mass is 10.2. The summed E-state index contributed by atoms with van der Waals surface area (Å²) in [6.45, 7) is -0.184. The first-order valence-corrected chi connectivity index (χ1v) is 7.30. The Labute approximate surface area is 142 Å². The Morgan fingerprint density at radius 3 is 2.75 bits per heavy atom. The molecule has 0 saturated heterocycles. The summed E-state index contributed by atoms with van der Waals surface area (Å²) in [5.41, 5.74) is 0.311. The summed E-state index contributed by atoms with van der Waals surface area (Å²) in [4.78, 5) is 23.7. The molecule has 0 bridgehead atoms. The fourth-order valence-electron chi connectivity index (χ4n) is 2.00. The van der Waals surface area contributed by atoms with Gasteiger partial charge in [0.25, 0.3) is 5.91 Å². The molecule has 0 aromatic heterocycles. The quantitative estimate of drug-likeness (QED) is 0.589. The average Bonchev–Trinajstić information content (AvgIpc) is 2.53. The molecule has 0 heterocycles. The van der Waals surface area contributed by atoms with Crippen molar-refractivity contribution >= 4 is 23.2 Å². The van der Waals surface area contributed by atoms with Gasteiger partial charge in [0.1, 0.15) is 5.82 Å². The smallest absolute Gasteiger partial charge is 0.312 e. The first kappa shape index (κ1) is 17.7. The number of benzene rings is 2. The van der Waals surface area contributed by atoms with Crippen LogP contribution in [0.4, 0.5) is 10.1 Å². The average molecular weight is 353 g/mol.